The Morgan fingerprint density at radius 3 is 1.50 bits per heavy atom. The number of alkyl halides is 6. The highest BCUT2D eigenvalue weighted by Crippen LogP contribution is 2.37. The minimum Gasteiger partial charge on any atom is -0.495 e. The molecule has 6 rings (SSSR count). The summed E-state index contributed by atoms with van der Waals surface area (Å²) in [6, 6.07) is 8.62. The quantitative estimate of drug-likeness (QED) is 0.124. The number of aromatic nitrogens is 4. The van der Waals surface area contributed by atoms with Gasteiger partial charge in [0.25, 0.3) is 0 Å². The number of hydrogen-bond acceptors (Lipinski definition) is 9. The smallest absolute Gasteiger partial charge is 0.436 e. The van der Waals surface area contributed by atoms with Crippen LogP contribution in [0, 0.1) is 13.8 Å². The minimum absolute atomic E-state index is 0.0739. The van der Waals surface area contributed by atoms with Crippen molar-refractivity contribution in [1.82, 2.24) is 29.4 Å². The van der Waals surface area contributed by atoms with Crippen LogP contribution in [0.3, 0.4) is 0 Å². The Morgan fingerprint density at radius 1 is 0.667 bits per heavy atom. The SMILES string of the molecule is COc1cc(N2CCN(C(=O)Cn3nc(C(F)(F)F)c(Cl)c3C)CC2)c(C=O)cc1Cl.COc1cc(N2CCN(C(=O)Cn3nc(C(F)(F)F)c(Cl)c3C)CC2)ccc1Cl. The number of nitrogens with zero attached hydrogens (tertiary/aromatic N) is 8. The van der Waals surface area contributed by atoms with Crippen molar-refractivity contribution in [3.63, 3.8) is 0 Å². The molecule has 2 aliphatic heterocycles. The average Bonchev–Trinajstić information content (AvgIpc) is 3.67. The second-order valence-electron chi connectivity index (χ2n) is 13.5. The molecule has 0 radical (unpaired) electrons. The maximum absolute atomic E-state index is 13.0. The van der Waals surface area contributed by atoms with Crippen LogP contribution in [0.2, 0.25) is 20.1 Å². The number of halogens is 10. The van der Waals surface area contributed by atoms with Gasteiger partial charge in [-0.15, -0.1) is 0 Å². The van der Waals surface area contributed by atoms with Gasteiger partial charge in [-0.3, -0.25) is 23.7 Å². The van der Waals surface area contributed by atoms with E-state index in [4.69, 9.17) is 55.9 Å². The molecule has 2 fully saturated rings. The van der Waals surface area contributed by atoms with Crippen molar-refractivity contribution in [2.45, 2.75) is 39.3 Å². The Labute approximate surface area is 360 Å². The summed E-state index contributed by atoms with van der Waals surface area (Å²) < 4.78 is 90.1. The van der Waals surface area contributed by atoms with Gasteiger partial charge in [0.15, 0.2) is 17.7 Å². The van der Waals surface area contributed by atoms with E-state index in [2.05, 4.69) is 15.1 Å². The van der Waals surface area contributed by atoms with E-state index in [1.807, 2.05) is 17.0 Å². The maximum atomic E-state index is 13.0. The highest BCUT2D eigenvalue weighted by Gasteiger charge is 2.40. The van der Waals surface area contributed by atoms with E-state index in [1.54, 1.807) is 17.0 Å². The highest BCUT2D eigenvalue weighted by molar-refractivity contribution is 6.33. The summed E-state index contributed by atoms with van der Waals surface area (Å²) in [5, 5.41) is 6.78. The van der Waals surface area contributed by atoms with Crippen molar-refractivity contribution in [2.24, 2.45) is 0 Å². The molecule has 4 heterocycles. The number of piperazine rings is 2. The number of amides is 2. The topological polar surface area (TPSA) is 118 Å². The summed E-state index contributed by atoms with van der Waals surface area (Å²) in [4.78, 5) is 43.8. The Morgan fingerprint density at radius 2 is 1.10 bits per heavy atom. The van der Waals surface area contributed by atoms with Crippen molar-refractivity contribution in [1.29, 1.82) is 0 Å². The lowest BCUT2D eigenvalue weighted by atomic mass is 10.1. The van der Waals surface area contributed by atoms with Gasteiger partial charge in [-0.25, -0.2) is 0 Å². The molecule has 2 aromatic carbocycles. The van der Waals surface area contributed by atoms with Gasteiger partial charge in [0, 0.05) is 75.7 Å². The molecular formula is C37H38Cl4F6N8O5. The maximum Gasteiger partial charge on any atom is 0.436 e. The fraction of sp³-hybridized carbons (Fsp3) is 0.432. The zero-order valence-electron chi connectivity index (χ0n) is 32.4. The van der Waals surface area contributed by atoms with Crippen molar-refractivity contribution in [3.8, 4) is 11.5 Å². The molecule has 2 aliphatic rings. The molecule has 2 amide bonds. The molecular weight excluding hydrogens is 892 g/mol. The van der Waals surface area contributed by atoms with Gasteiger partial charge in [-0.2, -0.15) is 36.5 Å². The summed E-state index contributed by atoms with van der Waals surface area (Å²) in [5.41, 5.74) is -0.250. The first-order valence-electron chi connectivity index (χ1n) is 18.0. The van der Waals surface area contributed by atoms with Gasteiger partial charge in [-0.05, 0) is 32.0 Å². The van der Waals surface area contributed by atoms with Crippen LogP contribution in [-0.4, -0.2) is 114 Å². The molecule has 0 aliphatic carbocycles. The van der Waals surface area contributed by atoms with Crippen LogP contribution in [0.5, 0.6) is 11.5 Å². The highest BCUT2D eigenvalue weighted by atomic mass is 35.5. The Bertz CT molecular complexity index is 2220. The van der Waals surface area contributed by atoms with Crippen molar-refractivity contribution in [2.75, 3.05) is 76.4 Å². The fourth-order valence-corrected chi connectivity index (χ4v) is 7.44. The largest absolute Gasteiger partial charge is 0.495 e. The number of ether oxygens (including phenoxy) is 2. The van der Waals surface area contributed by atoms with Crippen molar-refractivity contribution < 1.29 is 50.2 Å². The molecule has 60 heavy (non-hydrogen) atoms. The summed E-state index contributed by atoms with van der Waals surface area (Å²) in [5.74, 6) is 0.302. The lowest BCUT2D eigenvalue weighted by molar-refractivity contribution is -0.142. The van der Waals surface area contributed by atoms with Crippen LogP contribution >= 0.6 is 46.4 Å². The van der Waals surface area contributed by atoms with Gasteiger partial charge < -0.3 is 29.1 Å². The van der Waals surface area contributed by atoms with Gasteiger partial charge in [0.1, 0.15) is 24.6 Å². The molecule has 0 unspecified atom stereocenters. The molecule has 2 saturated heterocycles. The normalized spacial score (nSPS) is 14.8. The summed E-state index contributed by atoms with van der Waals surface area (Å²) in [6.07, 6.45) is -8.67. The lowest BCUT2D eigenvalue weighted by Crippen LogP contribution is -2.50. The number of methoxy groups -OCH3 is 2. The van der Waals surface area contributed by atoms with E-state index in [-0.39, 0.29) is 36.3 Å². The van der Waals surface area contributed by atoms with E-state index >= 15 is 0 Å². The van der Waals surface area contributed by atoms with Gasteiger partial charge >= 0.3 is 12.4 Å². The third kappa shape index (κ3) is 10.5. The van der Waals surface area contributed by atoms with Crippen LogP contribution in [0.4, 0.5) is 37.7 Å². The van der Waals surface area contributed by atoms with E-state index in [1.165, 1.54) is 39.0 Å². The molecule has 4 aromatic rings. The van der Waals surface area contributed by atoms with Crippen LogP contribution in [0.15, 0.2) is 30.3 Å². The van der Waals surface area contributed by atoms with E-state index in [0.717, 1.165) is 15.1 Å². The second kappa shape index (κ2) is 19.0. The average molecular weight is 931 g/mol. The van der Waals surface area contributed by atoms with Crippen LogP contribution < -0.4 is 19.3 Å². The molecule has 0 N–H and O–H groups in total. The number of rotatable bonds is 9. The molecule has 0 bridgehead atoms. The molecule has 23 heteroatoms. The van der Waals surface area contributed by atoms with Crippen molar-refractivity contribution >= 4 is 75.9 Å². The predicted molar refractivity (Wildman–Crippen MR) is 213 cm³/mol. The number of anilines is 2. The monoisotopic (exact) mass is 928 g/mol. The minimum atomic E-state index is -4.70. The Kier molecular flexibility index (Phi) is 14.7. The standard InChI is InChI=1S/C19H19Cl2F3N4O3.C18H19Cl2F3N4O2/c1-11-17(21)18(19(22,23)24)25-28(11)9-16(30)27-5-3-26(4-6-27)14-8-15(31-2)13(20)7-12(14)10-29;1-11-16(20)17(18(21,22)23)24-27(11)10-15(28)26-7-5-25(6-8-26)12-3-4-13(19)14(9-12)29-2/h7-8,10H,3-6,9H2,1-2H3;3-4,9H,5-8,10H2,1-2H3. The summed E-state index contributed by atoms with van der Waals surface area (Å²) in [7, 11) is 3.01. The number of hydrogen-bond donors (Lipinski definition) is 0. The second-order valence-corrected chi connectivity index (χ2v) is 15.1. The van der Waals surface area contributed by atoms with E-state index < -0.39 is 33.8 Å². The molecule has 2 aromatic heterocycles. The van der Waals surface area contributed by atoms with Crippen LogP contribution in [-0.2, 0) is 35.0 Å². The summed E-state index contributed by atoms with van der Waals surface area (Å²) in [6.45, 7) is 5.64. The van der Waals surface area contributed by atoms with Crippen LogP contribution in [0.25, 0.3) is 0 Å². The molecule has 13 nitrogen and oxygen atoms in total. The van der Waals surface area contributed by atoms with E-state index in [9.17, 15) is 40.7 Å². The number of carbonyl (C=O) groups is 3. The summed E-state index contributed by atoms with van der Waals surface area (Å²) >= 11 is 23.6. The van der Waals surface area contributed by atoms with Gasteiger partial charge in [-0.1, -0.05) is 46.4 Å². The molecule has 326 valence electrons. The third-order valence-electron chi connectivity index (χ3n) is 9.91. The Balaban J connectivity index is 0.000000228. The molecule has 0 spiro atoms. The number of carbonyl (C=O) groups excluding carboxylic acids is 3. The molecule has 0 saturated carbocycles. The Hall–Kier alpha value is -4.59. The first kappa shape index (κ1) is 46.5. The fourth-order valence-electron chi connectivity index (χ4n) is 6.51. The van der Waals surface area contributed by atoms with Crippen LogP contribution in [0.1, 0.15) is 33.1 Å². The first-order chi connectivity index (χ1) is 28.2. The number of aldehydes is 1. The van der Waals surface area contributed by atoms with Crippen molar-refractivity contribution in [3.05, 3.63) is 78.8 Å². The lowest BCUT2D eigenvalue weighted by Gasteiger charge is -2.36. The van der Waals surface area contributed by atoms with Gasteiger partial charge in [0.05, 0.1) is 51.4 Å². The zero-order valence-corrected chi connectivity index (χ0v) is 35.5. The number of benzene rings is 2. The van der Waals surface area contributed by atoms with Gasteiger partial charge in [0.2, 0.25) is 11.8 Å². The third-order valence-corrected chi connectivity index (χ3v) is 11.4. The zero-order chi connectivity index (χ0) is 44.3. The van der Waals surface area contributed by atoms with E-state index in [0.29, 0.717) is 91.4 Å². The predicted octanol–water partition coefficient (Wildman–Crippen LogP) is 7.56. The molecule has 0 atom stereocenters. The first-order valence-corrected chi connectivity index (χ1v) is 19.5.